The number of nitriles is 1. The van der Waals surface area contributed by atoms with Crippen LogP contribution in [0.15, 0.2) is 66.2 Å². The Kier molecular flexibility index (Phi) is 8.61. The van der Waals surface area contributed by atoms with Gasteiger partial charge in [-0.15, -0.1) is 0 Å². The Labute approximate surface area is 207 Å². The molecule has 0 saturated carbocycles. The third-order valence-corrected chi connectivity index (χ3v) is 6.09. The Morgan fingerprint density at radius 3 is 2.48 bits per heavy atom. The predicted molar refractivity (Wildman–Crippen MR) is 138 cm³/mol. The van der Waals surface area contributed by atoms with Crippen molar-refractivity contribution in [2.75, 3.05) is 11.9 Å². The fourth-order valence-electron chi connectivity index (χ4n) is 3.46. The standard InChI is InChI=1S/C27H24FIN2O2/c1-3-19-9-6-8-12-25(19)31-27(32)21(17-30)13-18-14-24(29)22(26(15-18)33-4-2)16-20-10-5-7-11-23(20)28/h5-15H,3-4,16H2,1-2H3,(H,31,32)/b21-13+. The van der Waals surface area contributed by atoms with E-state index in [1.165, 1.54) is 6.07 Å². The molecule has 0 aliphatic carbocycles. The average Bonchev–Trinajstić information content (AvgIpc) is 2.81. The molecular formula is C27H24FIN2O2. The molecule has 0 unspecified atom stereocenters. The summed E-state index contributed by atoms with van der Waals surface area (Å²) in [5.41, 5.74) is 3.77. The van der Waals surface area contributed by atoms with Crippen molar-refractivity contribution in [2.24, 2.45) is 0 Å². The van der Waals surface area contributed by atoms with Gasteiger partial charge in [-0.25, -0.2) is 4.39 Å². The number of nitrogens with one attached hydrogen (secondary N) is 1. The largest absolute Gasteiger partial charge is 0.494 e. The van der Waals surface area contributed by atoms with Crippen molar-refractivity contribution in [3.8, 4) is 11.8 Å². The molecule has 0 aromatic heterocycles. The number of benzene rings is 3. The quantitative estimate of drug-likeness (QED) is 0.196. The molecule has 3 rings (SSSR count). The van der Waals surface area contributed by atoms with Crippen molar-refractivity contribution in [1.29, 1.82) is 5.26 Å². The van der Waals surface area contributed by atoms with Crippen LogP contribution in [0.2, 0.25) is 0 Å². The second-order valence-electron chi connectivity index (χ2n) is 7.32. The Morgan fingerprint density at radius 2 is 1.82 bits per heavy atom. The molecule has 33 heavy (non-hydrogen) atoms. The summed E-state index contributed by atoms with van der Waals surface area (Å²) < 4.78 is 20.9. The van der Waals surface area contributed by atoms with E-state index in [-0.39, 0.29) is 11.4 Å². The van der Waals surface area contributed by atoms with E-state index in [4.69, 9.17) is 4.74 Å². The first kappa shape index (κ1) is 24.5. The van der Waals surface area contributed by atoms with Crippen molar-refractivity contribution in [3.05, 3.63) is 97.9 Å². The zero-order chi connectivity index (χ0) is 23.8. The summed E-state index contributed by atoms with van der Waals surface area (Å²) in [4.78, 5) is 12.8. The molecule has 3 aromatic rings. The van der Waals surface area contributed by atoms with E-state index in [1.807, 2.05) is 50.2 Å². The van der Waals surface area contributed by atoms with Crippen molar-refractivity contribution >= 4 is 40.3 Å². The number of hydrogen-bond donors (Lipinski definition) is 1. The van der Waals surface area contributed by atoms with Crippen LogP contribution < -0.4 is 10.1 Å². The molecule has 0 atom stereocenters. The summed E-state index contributed by atoms with van der Waals surface area (Å²) in [5.74, 6) is -0.134. The Balaban J connectivity index is 1.93. The number of aryl methyl sites for hydroxylation is 1. The Morgan fingerprint density at radius 1 is 1.12 bits per heavy atom. The minimum absolute atomic E-state index is 0.0130. The molecule has 0 saturated heterocycles. The highest BCUT2D eigenvalue weighted by atomic mass is 127. The van der Waals surface area contributed by atoms with Gasteiger partial charge < -0.3 is 10.1 Å². The molecule has 0 fully saturated rings. The molecule has 0 bridgehead atoms. The van der Waals surface area contributed by atoms with Crippen LogP contribution in [-0.4, -0.2) is 12.5 Å². The molecule has 168 valence electrons. The van der Waals surface area contributed by atoms with Gasteiger partial charge in [0.05, 0.1) is 6.61 Å². The summed E-state index contributed by atoms with van der Waals surface area (Å²) in [6, 6.07) is 19.8. The molecule has 4 nitrogen and oxygen atoms in total. The minimum Gasteiger partial charge on any atom is -0.494 e. The highest BCUT2D eigenvalue weighted by Crippen LogP contribution is 2.30. The predicted octanol–water partition coefficient (Wildman–Crippen LogP) is 6.53. The highest BCUT2D eigenvalue weighted by molar-refractivity contribution is 14.1. The van der Waals surface area contributed by atoms with Gasteiger partial charge in [-0.3, -0.25) is 4.79 Å². The van der Waals surface area contributed by atoms with Gasteiger partial charge in [0, 0.05) is 21.2 Å². The third kappa shape index (κ3) is 6.20. The lowest BCUT2D eigenvalue weighted by Gasteiger charge is -2.14. The first-order valence-electron chi connectivity index (χ1n) is 10.7. The van der Waals surface area contributed by atoms with Crippen LogP contribution in [0.3, 0.4) is 0 Å². The second-order valence-corrected chi connectivity index (χ2v) is 8.48. The number of ether oxygens (including phenoxy) is 1. The third-order valence-electron chi connectivity index (χ3n) is 5.12. The van der Waals surface area contributed by atoms with Crippen molar-refractivity contribution in [3.63, 3.8) is 0 Å². The molecule has 1 N–H and O–H groups in total. The molecule has 1 amide bonds. The maximum atomic E-state index is 14.2. The maximum absolute atomic E-state index is 14.2. The van der Waals surface area contributed by atoms with Crippen LogP contribution >= 0.6 is 22.6 Å². The summed E-state index contributed by atoms with van der Waals surface area (Å²) in [6.07, 6.45) is 2.69. The lowest BCUT2D eigenvalue weighted by molar-refractivity contribution is -0.112. The molecule has 3 aromatic carbocycles. The van der Waals surface area contributed by atoms with Crippen LogP contribution in [0.4, 0.5) is 10.1 Å². The fourth-order valence-corrected chi connectivity index (χ4v) is 4.27. The molecular weight excluding hydrogens is 530 g/mol. The Hall–Kier alpha value is -3.18. The van der Waals surface area contributed by atoms with Gasteiger partial charge >= 0.3 is 0 Å². The number of para-hydroxylation sites is 1. The van der Waals surface area contributed by atoms with Gasteiger partial charge in [-0.1, -0.05) is 43.3 Å². The maximum Gasteiger partial charge on any atom is 0.266 e. The lowest BCUT2D eigenvalue weighted by atomic mass is 10.0. The summed E-state index contributed by atoms with van der Waals surface area (Å²) in [5, 5.41) is 12.5. The van der Waals surface area contributed by atoms with Crippen molar-refractivity contribution in [1.82, 2.24) is 0 Å². The van der Waals surface area contributed by atoms with Crippen LogP contribution in [0, 0.1) is 20.7 Å². The van der Waals surface area contributed by atoms with Gasteiger partial charge in [0.25, 0.3) is 5.91 Å². The van der Waals surface area contributed by atoms with E-state index in [2.05, 4.69) is 27.9 Å². The van der Waals surface area contributed by atoms with Gasteiger partial charge in [0.1, 0.15) is 23.2 Å². The van der Waals surface area contributed by atoms with E-state index >= 15 is 0 Å². The SMILES string of the molecule is CCOc1cc(/C=C(\C#N)C(=O)Nc2ccccc2CC)cc(I)c1Cc1ccccc1F. The number of hydrogen-bond acceptors (Lipinski definition) is 3. The topological polar surface area (TPSA) is 62.1 Å². The molecule has 0 aliphatic heterocycles. The normalized spacial score (nSPS) is 11.1. The van der Waals surface area contributed by atoms with Crippen LogP contribution in [0.25, 0.3) is 6.08 Å². The lowest BCUT2D eigenvalue weighted by Crippen LogP contribution is -2.14. The molecule has 0 aliphatic rings. The van der Waals surface area contributed by atoms with Gasteiger partial charge in [0.15, 0.2) is 0 Å². The van der Waals surface area contributed by atoms with Crippen LogP contribution in [0.1, 0.15) is 36.1 Å². The number of carbonyl (C=O) groups is 1. The van der Waals surface area contributed by atoms with Gasteiger partial charge in [0.2, 0.25) is 0 Å². The molecule has 0 spiro atoms. The minimum atomic E-state index is -0.471. The van der Waals surface area contributed by atoms with Crippen LogP contribution in [0.5, 0.6) is 5.75 Å². The summed E-state index contributed by atoms with van der Waals surface area (Å²) in [6.45, 7) is 4.32. The van der Waals surface area contributed by atoms with Crippen molar-refractivity contribution in [2.45, 2.75) is 26.7 Å². The van der Waals surface area contributed by atoms with E-state index in [9.17, 15) is 14.4 Å². The smallest absolute Gasteiger partial charge is 0.266 e. The van der Waals surface area contributed by atoms with E-state index in [0.29, 0.717) is 35.6 Å². The van der Waals surface area contributed by atoms with E-state index in [0.717, 1.165) is 21.1 Å². The van der Waals surface area contributed by atoms with Crippen molar-refractivity contribution < 1.29 is 13.9 Å². The first-order chi connectivity index (χ1) is 16.0. The number of carbonyl (C=O) groups excluding carboxylic acids is 1. The number of amides is 1. The summed E-state index contributed by atoms with van der Waals surface area (Å²) in [7, 11) is 0. The number of nitrogens with zero attached hydrogens (tertiary/aromatic N) is 1. The molecule has 0 radical (unpaired) electrons. The van der Waals surface area contributed by atoms with E-state index < -0.39 is 5.91 Å². The number of halogens is 2. The zero-order valence-electron chi connectivity index (χ0n) is 18.5. The number of anilines is 1. The van der Waals surface area contributed by atoms with Gasteiger partial charge in [-0.05, 0) is 83.0 Å². The van der Waals surface area contributed by atoms with E-state index in [1.54, 1.807) is 30.3 Å². The van der Waals surface area contributed by atoms with Gasteiger partial charge in [-0.2, -0.15) is 5.26 Å². The highest BCUT2D eigenvalue weighted by Gasteiger charge is 2.15. The molecule has 6 heteroatoms. The average molecular weight is 554 g/mol. The molecule has 0 heterocycles. The fraction of sp³-hybridized carbons (Fsp3) is 0.185. The summed E-state index contributed by atoms with van der Waals surface area (Å²) >= 11 is 2.18. The first-order valence-corrected chi connectivity index (χ1v) is 11.7. The number of rotatable bonds is 8. The van der Waals surface area contributed by atoms with Crippen LogP contribution in [-0.2, 0) is 17.6 Å². The monoisotopic (exact) mass is 554 g/mol. The second kappa shape index (κ2) is 11.6. The Bertz CT molecular complexity index is 1230. The zero-order valence-corrected chi connectivity index (χ0v) is 20.6.